The summed E-state index contributed by atoms with van der Waals surface area (Å²) in [5.41, 5.74) is 1.64. The van der Waals surface area contributed by atoms with Crippen molar-refractivity contribution in [2.24, 2.45) is 0 Å². The van der Waals surface area contributed by atoms with Crippen LogP contribution in [0.3, 0.4) is 0 Å². The Labute approximate surface area is 184 Å². The number of hydrogen-bond acceptors (Lipinski definition) is 5. The lowest BCUT2D eigenvalue weighted by atomic mass is 10.2. The van der Waals surface area contributed by atoms with Crippen molar-refractivity contribution < 1.29 is 14.0 Å². The van der Waals surface area contributed by atoms with E-state index in [2.05, 4.69) is 10.2 Å². The van der Waals surface area contributed by atoms with Crippen LogP contribution in [0.2, 0.25) is 5.02 Å². The van der Waals surface area contributed by atoms with E-state index in [-0.39, 0.29) is 11.8 Å². The Balaban J connectivity index is 1.24. The third-order valence-electron chi connectivity index (χ3n) is 5.32. The number of para-hydroxylation sites is 1. The van der Waals surface area contributed by atoms with Crippen molar-refractivity contribution in [3.05, 3.63) is 64.9 Å². The first kappa shape index (κ1) is 20.9. The molecule has 8 heteroatoms. The Bertz CT molecular complexity index is 1130. The van der Waals surface area contributed by atoms with E-state index >= 15 is 0 Å². The van der Waals surface area contributed by atoms with Gasteiger partial charge in [-0.2, -0.15) is 5.26 Å². The van der Waals surface area contributed by atoms with Crippen LogP contribution in [0, 0.1) is 11.3 Å². The third-order valence-corrected chi connectivity index (χ3v) is 5.64. The number of amides is 2. The van der Waals surface area contributed by atoms with E-state index in [0.717, 1.165) is 5.39 Å². The maximum atomic E-state index is 12.7. The summed E-state index contributed by atoms with van der Waals surface area (Å²) in [5, 5.41) is 12.9. The van der Waals surface area contributed by atoms with Crippen LogP contribution in [-0.2, 0) is 4.79 Å². The SMILES string of the molecule is N#Cc1ccc(NC(=O)CCN2CCN(C(=O)c3cc4ccccc4o3)CC2)cc1Cl. The van der Waals surface area contributed by atoms with Gasteiger partial charge in [0.2, 0.25) is 5.91 Å². The van der Waals surface area contributed by atoms with Crippen LogP contribution in [0.25, 0.3) is 11.0 Å². The molecule has 0 unspecified atom stereocenters. The van der Waals surface area contributed by atoms with E-state index in [9.17, 15) is 9.59 Å². The number of rotatable bonds is 5. The molecular formula is C23H21ClN4O3. The topological polar surface area (TPSA) is 89.6 Å². The van der Waals surface area contributed by atoms with Gasteiger partial charge in [-0.25, -0.2) is 0 Å². The molecule has 7 nitrogen and oxygen atoms in total. The Hall–Kier alpha value is -3.34. The van der Waals surface area contributed by atoms with Crippen LogP contribution < -0.4 is 5.32 Å². The van der Waals surface area contributed by atoms with Crippen molar-refractivity contribution in [2.75, 3.05) is 38.0 Å². The zero-order valence-corrected chi connectivity index (χ0v) is 17.6. The average Bonchev–Trinajstić information content (AvgIpc) is 3.22. The second kappa shape index (κ2) is 9.21. The Morgan fingerprint density at radius 1 is 1.10 bits per heavy atom. The lowest BCUT2D eigenvalue weighted by Crippen LogP contribution is -2.49. The predicted molar refractivity (Wildman–Crippen MR) is 118 cm³/mol. The van der Waals surface area contributed by atoms with Gasteiger partial charge in [0.15, 0.2) is 5.76 Å². The summed E-state index contributed by atoms with van der Waals surface area (Å²) in [6.45, 7) is 3.16. The number of nitrogens with zero attached hydrogens (tertiary/aromatic N) is 3. The van der Waals surface area contributed by atoms with E-state index in [0.29, 0.717) is 66.8 Å². The highest BCUT2D eigenvalue weighted by Gasteiger charge is 2.24. The molecule has 1 N–H and O–H groups in total. The summed E-state index contributed by atoms with van der Waals surface area (Å²) in [6, 6.07) is 16.1. The highest BCUT2D eigenvalue weighted by atomic mass is 35.5. The predicted octanol–water partition coefficient (Wildman–Crippen LogP) is 3.74. The molecule has 3 aromatic rings. The smallest absolute Gasteiger partial charge is 0.289 e. The van der Waals surface area contributed by atoms with Gasteiger partial charge in [0.1, 0.15) is 11.7 Å². The molecule has 2 aromatic carbocycles. The lowest BCUT2D eigenvalue weighted by molar-refractivity contribution is -0.116. The average molecular weight is 437 g/mol. The van der Waals surface area contributed by atoms with Crippen LogP contribution in [0.4, 0.5) is 5.69 Å². The van der Waals surface area contributed by atoms with Crippen LogP contribution in [0.1, 0.15) is 22.5 Å². The van der Waals surface area contributed by atoms with E-state index < -0.39 is 0 Å². The highest BCUT2D eigenvalue weighted by molar-refractivity contribution is 6.32. The maximum absolute atomic E-state index is 12.7. The van der Waals surface area contributed by atoms with Gasteiger partial charge in [-0.15, -0.1) is 0 Å². The highest BCUT2D eigenvalue weighted by Crippen LogP contribution is 2.21. The second-order valence-corrected chi connectivity index (χ2v) is 7.79. The van der Waals surface area contributed by atoms with E-state index in [1.165, 1.54) is 0 Å². The van der Waals surface area contributed by atoms with Crippen molar-refractivity contribution in [2.45, 2.75) is 6.42 Å². The Kier molecular flexibility index (Phi) is 6.21. The fourth-order valence-corrected chi connectivity index (χ4v) is 3.81. The van der Waals surface area contributed by atoms with Crippen molar-refractivity contribution in [1.82, 2.24) is 9.80 Å². The number of hydrogen-bond donors (Lipinski definition) is 1. The number of halogens is 1. The summed E-state index contributed by atoms with van der Waals surface area (Å²) in [7, 11) is 0. The number of nitrogens with one attached hydrogen (secondary N) is 1. The zero-order chi connectivity index (χ0) is 21.8. The number of carbonyl (C=O) groups excluding carboxylic acids is 2. The van der Waals surface area contributed by atoms with Crippen molar-refractivity contribution >= 4 is 40.1 Å². The van der Waals surface area contributed by atoms with E-state index in [4.69, 9.17) is 21.3 Å². The first-order valence-corrected chi connectivity index (χ1v) is 10.4. The molecule has 0 radical (unpaired) electrons. The zero-order valence-electron chi connectivity index (χ0n) is 16.8. The van der Waals surface area contributed by atoms with Gasteiger partial charge in [-0.1, -0.05) is 29.8 Å². The molecule has 1 saturated heterocycles. The number of piperazine rings is 1. The van der Waals surface area contributed by atoms with E-state index in [1.54, 1.807) is 29.2 Å². The molecular weight excluding hydrogens is 416 g/mol. The fraction of sp³-hybridized carbons (Fsp3) is 0.261. The third kappa shape index (κ3) is 4.88. The first-order valence-electron chi connectivity index (χ1n) is 10.0. The molecule has 0 bridgehead atoms. The maximum Gasteiger partial charge on any atom is 0.289 e. The summed E-state index contributed by atoms with van der Waals surface area (Å²) in [6.07, 6.45) is 0.329. The van der Waals surface area contributed by atoms with Crippen molar-refractivity contribution in [3.63, 3.8) is 0 Å². The lowest BCUT2D eigenvalue weighted by Gasteiger charge is -2.34. The number of fused-ring (bicyclic) bond motifs is 1. The molecule has 0 spiro atoms. The molecule has 1 aliphatic rings. The molecule has 1 aliphatic heterocycles. The quantitative estimate of drug-likeness (QED) is 0.658. The minimum absolute atomic E-state index is 0.105. The normalized spacial score (nSPS) is 14.4. The number of furan rings is 1. The summed E-state index contributed by atoms with van der Waals surface area (Å²) < 4.78 is 5.68. The summed E-state index contributed by atoms with van der Waals surface area (Å²) >= 11 is 6.00. The standard InChI is InChI=1S/C23H21ClN4O3/c24-19-14-18(6-5-17(19)15-25)26-22(29)7-8-27-9-11-28(12-10-27)23(30)21-13-16-3-1-2-4-20(16)31-21/h1-6,13-14H,7-12H2,(H,26,29). The largest absolute Gasteiger partial charge is 0.451 e. The van der Waals surface area contributed by atoms with Crippen LogP contribution in [-0.4, -0.2) is 54.3 Å². The number of benzene rings is 2. The van der Waals surface area contributed by atoms with Gasteiger partial charge in [-0.05, 0) is 30.3 Å². The number of carbonyl (C=O) groups is 2. The molecule has 2 heterocycles. The van der Waals surface area contributed by atoms with Crippen LogP contribution in [0.15, 0.2) is 52.9 Å². The van der Waals surface area contributed by atoms with Crippen LogP contribution >= 0.6 is 11.6 Å². The van der Waals surface area contributed by atoms with Gasteiger partial charge in [0.25, 0.3) is 5.91 Å². The van der Waals surface area contributed by atoms with E-state index in [1.807, 2.05) is 30.3 Å². The second-order valence-electron chi connectivity index (χ2n) is 7.39. The van der Waals surface area contributed by atoms with Gasteiger partial charge in [0.05, 0.1) is 10.6 Å². The molecule has 1 aromatic heterocycles. The summed E-state index contributed by atoms with van der Waals surface area (Å²) in [5.74, 6) is 0.128. The van der Waals surface area contributed by atoms with Crippen molar-refractivity contribution in [3.8, 4) is 6.07 Å². The number of anilines is 1. The Morgan fingerprint density at radius 2 is 1.87 bits per heavy atom. The molecule has 0 aliphatic carbocycles. The molecule has 31 heavy (non-hydrogen) atoms. The molecule has 2 amide bonds. The Morgan fingerprint density at radius 3 is 2.58 bits per heavy atom. The molecule has 1 fully saturated rings. The molecule has 4 rings (SSSR count). The molecule has 158 valence electrons. The first-order chi connectivity index (χ1) is 15.0. The van der Waals surface area contributed by atoms with Gasteiger partial charge >= 0.3 is 0 Å². The summed E-state index contributed by atoms with van der Waals surface area (Å²) in [4.78, 5) is 28.9. The van der Waals surface area contributed by atoms with Gasteiger partial charge < -0.3 is 14.6 Å². The monoisotopic (exact) mass is 436 g/mol. The molecule has 0 saturated carbocycles. The molecule has 0 atom stereocenters. The fourth-order valence-electron chi connectivity index (χ4n) is 3.58. The van der Waals surface area contributed by atoms with Crippen LogP contribution in [0.5, 0.6) is 0 Å². The minimum Gasteiger partial charge on any atom is -0.451 e. The number of nitriles is 1. The minimum atomic E-state index is -0.124. The van der Waals surface area contributed by atoms with Gasteiger partial charge in [0, 0.05) is 50.2 Å². The van der Waals surface area contributed by atoms with Crippen molar-refractivity contribution in [1.29, 1.82) is 5.26 Å². The van der Waals surface area contributed by atoms with Gasteiger partial charge in [-0.3, -0.25) is 14.5 Å².